The molecule has 0 fully saturated rings. The molecule has 4 heteroatoms. The third kappa shape index (κ3) is 2.06. The first kappa shape index (κ1) is 12.1. The minimum Gasteiger partial charge on any atom is -0.454 e. The van der Waals surface area contributed by atoms with Gasteiger partial charge < -0.3 is 10.1 Å². The van der Waals surface area contributed by atoms with Crippen molar-refractivity contribution in [3.8, 4) is 11.5 Å². The van der Waals surface area contributed by atoms with Crippen LogP contribution < -0.4 is 10.1 Å². The monoisotopic (exact) mass is 273 g/mol. The largest absolute Gasteiger partial charge is 0.454 e. The van der Waals surface area contributed by atoms with Crippen molar-refractivity contribution < 1.29 is 9.53 Å². The van der Waals surface area contributed by atoms with Crippen LogP contribution in [-0.2, 0) is 4.79 Å². The minimum absolute atomic E-state index is 0.00907. The molecule has 0 bridgehead atoms. The summed E-state index contributed by atoms with van der Waals surface area (Å²) >= 11 is 6.07. The second kappa shape index (κ2) is 4.59. The Kier molecular flexibility index (Phi) is 2.91. The van der Waals surface area contributed by atoms with Crippen molar-refractivity contribution in [3.05, 3.63) is 53.1 Å². The number of rotatable bonds is 2. The van der Waals surface area contributed by atoms with Crippen LogP contribution in [0.2, 0.25) is 5.02 Å². The Morgan fingerprint density at radius 1 is 1.11 bits per heavy atom. The zero-order chi connectivity index (χ0) is 13.4. The van der Waals surface area contributed by atoms with Crippen LogP contribution in [0.4, 0.5) is 5.69 Å². The zero-order valence-corrected chi connectivity index (χ0v) is 11.1. The van der Waals surface area contributed by atoms with Gasteiger partial charge in [0.05, 0.1) is 16.6 Å². The van der Waals surface area contributed by atoms with E-state index < -0.39 is 0 Å². The number of benzene rings is 2. The first-order valence-electron chi connectivity index (χ1n) is 6.03. The van der Waals surface area contributed by atoms with E-state index in [-0.39, 0.29) is 11.8 Å². The molecule has 1 heterocycles. The Morgan fingerprint density at radius 2 is 1.84 bits per heavy atom. The Balaban J connectivity index is 2.00. The topological polar surface area (TPSA) is 38.3 Å². The number of anilines is 1. The van der Waals surface area contributed by atoms with Gasteiger partial charge in [-0.3, -0.25) is 4.79 Å². The number of amides is 1. The number of carbonyl (C=O) groups excluding carboxylic acids is 1. The van der Waals surface area contributed by atoms with Crippen LogP contribution in [-0.4, -0.2) is 5.91 Å². The fraction of sp³-hybridized carbons (Fsp3) is 0.133. The molecule has 1 amide bonds. The second-order valence-electron chi connectivity index (χ2n) is 4.46. The van der Waals surface area contributed by atoms with E-state index in [2.05, 4.69) is 5.32 Å². The first-order valence-corrected chi connectivity index (χ1v) is 6.41. The molecule has 96 valence electrons. The maximum absolute atomic E-state index is 11.7. The van der Waals surface area contributed by atoms with Crippen LogP contribution in [0.15, 0.2) is 42.5 Å². The van der Waals surface area contributed by atoms with Gasteiger partial charge in [-0.25, -0.2) is 0 Å². The Hall–Kier alpha value is -2.00. The van der Waals surface area contributed by atoms with Gasteiger partial charge in [-0.05, 0) is 30.7 Å². The quantitative estimate of drug-likeness (QED) is 0.891. The molecular formula is C15H12ClNO2. The van der Waals surface area contributed by atoms with E-state index in [0.717, 1.165) is 11.3 Å². The highest BCUT2D eigenvalue weighted by atomic mass is 35.5. The highest BCUT2D eigenvalue weighted by Crippen LogP contribution is 2.41. The number of ether oxygens (including phenoxy) is 1. The van der Waals surface area contributed by atoms with E-state index in [1.165, 1.54) is 0 Å². The number of hydrogen-bond acceptors (Lipinski definition) is 2. The molecule has 1 aliphatic heterocycles. The SMILES string of the molecule is CC1C(=O)Nc2c(Oc3ccccc3Cl)cccc21. The fourth-order valence-electron chi connectivity index (χ4n) is 2.15. The van der Waals surface area contributed by atoms with Crippen LogP contribution in [0.1, 0.15) is 18.4 Å². The number of halogens is 1. The number of hydrogen-bond donors (Lipinski definition) is 1. The second-order valence-corrected chi connectivity index (χ2v) is 4.87. The predicted octanol–water partition coefficient (Wildman–Crippen LogP) is 4.19. The summed E-state index contributed by atoms with van der Waals surface area (Å²) in [6.07, 6.45) is 0. The number of para-hydroxylation sites is 2. The van der Waals surface area contributed by atoms with Gasteiger partial charge >= 0.3 is 0 Å². The zero-order valence-electron chi connectivity index (χ0n) is 10.3. The standard InChI is InChI=1S/C15H12ClNO2/c1-9-10-5-4-8-13(14(10)17-15(9)18)19-12-7-3-2-6-11(12)16/h2-9H,1H3,(H,17,18). The molecule has 3 nitrogen and oxygen atoms in total. The summed E-state index contributed by atoms with van der Waals surface area (Å²) in [5.74, 6) is 1.03. The first-order chi connectivity index (χ1) is 9.16. The van der Waals surface area contributed by atoms with Crippen LogP contribution in [0.3, 0.4) is 0 Å². The summed E-state index contributed by atoms with van der Waals surface area (Å²) in [4.78, 5) is 11.7. The van der Waals surface area contributed by atoms with Gasteiger partial charge in [0, 0.05) is 0 Å². The average Bonchev–Trinajstić information content (AvgIpc) is 2.70. The minimum atomic E-state index is -0.148. The molecule has 19 heavy (non-hydrogen) atoms. The lowest BCUT2D eigenvalue weighted by Gasteiger charge is -2.11. The van der Waals surface area contributed by atoms with Crippen molar-refractivity contribution in [3.63, 3.8) is 0 Å². The van der Waals surface area contributed by atoms with E-state index in [0.29, 0.717) is 16.5 Å². The number of nitrogens with one attached hydrogen (secondary N) is 1. The third-order valence-electron chi connectivity index (χ3n) is 3.22. The molecule has 0 saturated carbocycles. The van der Waals surface area contributed by atoms with Gasteiger partial charge in [-0.15, -0.1) is 0 Å². The summed E-state index contributed by atoms with van der Waals surface area (Å²) in [7, 11) is 0. The summed E-state index contributed by atoms with van der Waals surface area (Å²) in [5, 5.41) is 3.39. The van der Waals surface area contributed by atoms with Crippen molar-refractivity contribution >= 4 is 23.2 Å². The van der Waals surface area contributed by atoms with Gasteiger partial charge in [-0.1, -0.05) is 35.9 Å². The van der Waals surface area contributed by atoms with Crippen molar-refractivity contribution in [2.75, 3.05) is 5.32 Å². The van der Waals surface area contributed by atoms with E-state index in [1.807, 2.05) is 37.3 Å². The summed E-state index contributed by atoms with van der Waals surface area (Å²) in [6, 6.07) is 12.9. The van der Waals surface area contributed by atoms with Gasteiger partial charge in [0.25, 0.3) is 0 Å². The van der Waals surface area contributed by atoms with Crippen LogP contribution in [0.5, 0.6) is 11.5 Å². The van der Waals surface area contributed by atoms with Crippen molar-refractivity contribution in [1.29, 1.82) is 0 Å². The van der Waals surface area contributed by atoms with E-state index >= 15 is 0 Å². The van der Waals surface area contributed by atoms with E-state index in [1.54, 1.807) is 12.1 Å². The molecule has 0 spiro atoms. The predicted molar refractivity (Wildman–Crippen MR) is 75.0 cm³/mol. The molecule has 2 aromatic carbocycles. The molecule has 1 N–H and O–H groups in total. The lowest BCUT2D eigenvalue weighted by atomic mass is 10.0. The van der Waals surface area contributed by atoms with Crippen LogP contribution in [0.25, 0.3) is 0 Å². The van der Waals surface area contributed by atoms with Gasteiger partial charge in [0.1, 0.15) is 5.75 Å². The lowest BCUT2D eigenvalue weighted by Crippen LogP contribution is -2.08. The van der Waals surface area contributed by atoms with Crippen LogP contribution in [0, 0.1) is 0 Å². The lowest BCUT2D eigenvalue weighted by molar-refractivity contribution is -0.116. The van der Waals surface area contributed by atoms with Crippen molar-refractivity contribution in [1.82, 2.24) is 0 Å². The molecule has 0 radical (unpaired) electrons. The molecule has 1 aliphatic rings. The smallest absolute Gasteiger partial charge is 0.231 e. The third-order valence-corrected chi connectivity index (χ3v) is 3.54. The number of fused-ring (bicyclic) bond motifs is 1. The summed E-state index contributed by atoms with van der Waals surface area (Å²) in [6.45, 7) is 1.88. The van der Waals surface area contributed by atoms with Gasteiger partial charge in [-0.2, -0.15) is 0 Å². The Morgan fingerprint density at radius 3 is 2.63 bits per heavy atom. The molecule has 1 unspecified atom stereocenters. The van der Waals surface area contributed by atoms with Crippen LogP contribution >= 0.6 is 11.6 Å². The Bertz CT molecular complexity index is 654. The molecule has 3 rings (SSSR count). The fourth-order valence-corrected chi connectivity index (χ4v) is 2.32. The van der Waals surface area contributed by atoms with Crippen molar-refractivity contribution in [2.24, 2.45) is 0 Å². The van der Waals surface area contributed by atoms with E-state index in [9.17, 15) is 4.79 Å². The highest BCUT2D eigenvalue weighted by Gasteiger charge is 2.29. The van der Waals surface area contributed by atoms with Crippen molar-refractivity contribution in [2.45, 2.75) is 12.8 Å². The van der Waals surface area contributed by atoms with E-state index in [4.69, 9.17) is 16.3 Å². The van der Waals surface area contributed by atoms with Gasteiger partial charge in [0.15, 0.2) is 5.75 Å². The van der Waals surface area contributed by atoms with Gasteiger partial charge in [0.2, 0.25) is 5.91 Å². The molecular weight excluding hydrogens is 262 g/mol. The maximum atomic E-state index is 11.7. The summed E-state index contributed by atoms with van der Waals surface area (Å²) < 4.78 is 5.80. The maximum Gasteiger partial charge on any atom is 0.231 e. The molecule has 0 aromatic heterocycles. The molecule has 0 saturated heterocycles. The molecule has 1 atom stereocenters. The molecule has 2 aromatic rings. The average molecular weight is 274 g/mol. The number of carbonyl (C=O) groups is 1. The summed E-state index contributed by atoms with van der Waals surface area (Å²) in [5.41, 5.74) is 1.69. The molecule has 0 aliphatic carbocycles. The highest BCUT2D eigenvalue weighted by molar-refractivity contribution is 6.32. The Labute approximate surface area is 116 Å². The normalized spacial score (nSPS) is 16.9.